The van der Waals surface area contributed by atoms with Gasteiger partial charge in [0.2, 0.25) is 5.91 Å². The first-order valence-electron chi connectivity index (χ1n) is 9.94. The van der Waals surface area contributed by atoms with Crippen molar-refractivity contribution in [3.8, 4) is 0 Å². The van der Waals surface area contributed by atoms with Crippen LogP contribution in [0.25, 0.3) is 0 Å². The topological polar surface area (TPSA) is 123 Å². The minimum Gasteiger partial charge on any atom is -0.468 e. The first-order valence-corrected chi connectivity index (χ1v) is 14.2. The summed E-state index contributed by atoms with van der Waals surface area (Å²) in [5.74, 6) is 0.857. The molecule has 0 fully saturated rings. The average Bonchev–Trinajstić information content (AvgIpc) is 2.77. The van der Waals surface area contributed by atoms with Crippen LogP contribution in [0.1, 0.15) is 26.7 Å². The maximum absolute atomic E-state index is 12.3. The predicted molar refractivity (Wildman–Crippen MR) is 125 cm³/mol. The molecule has 31 heavy (non-hydrogen) atoms. The Kier molecular flexibility index (Phi) is 15.5. The molecule has 0 aromatic carbocycles. The highest BCUT2D eigenvalue weighted by Gasteiger charge is 2.38. The highest BCUT2D eigenvalue weighted by Crippen LogP contribution is 2.27. The quantitative estimate of drug-likeness (QED) is 0.170. The Labute approximate surface area is 195 Å². The van der Waals surface area contributed by atoms with Crippen LogP contribution in [0.3, 0.4) is 0 Å². The van der Waals surface area contributed by atoms with E-state index < -0.39 is 26.2 Å². The molecule has 0 saturated heterocycles. The van der Waals surface area contributed by atoms with Crippen molar-refractivity contribution in [3.05, 3.63) is 0 Å². The molecular formula is C19H37NO8S2Si. The van der Waals surface area contributed by atoms with Crippen molar-refractivity contribution in [3.63, 3.8) is 0 Å². The summed E-state index contributed by atoms with van der Waals surface area (Å²) in [6.45, 7) is 3.41. The van der Waals surface area contributed by atoms with Gasteiger partial charge in [-0.2, -0.15) is 23.5 Å². The van der Waals surface area contributed by atoms with Gasteiger partial charge in [-0.1, -0.05) is 6.92 Å². The summed E-state index contributed by atoms with van der Waals surface area (Å²) in [6.07, 6.45) is 0.989. The Hall–Kier alpha value is -0.793. The minimum absolute atomic E-state index is 0.0548. The van der Waals surface area contributed by atoms with E-state index in [9.17, 15) is 14.4 Å². The molecule has 0 heterocycles. The number of thioether (sulfide) groups is 2. The zero-order chi connectivity index (χ0) is 23.9. The van der Waals surface area contributed by atoms with Crippen LogP contribution in [0.15, 0.2) is 0 Å². The zero-order valence-corrected chi connectivity index (χ0v) is 22.0. The van der Waals surface area contributed by atoms with E-state index in [1.165, 1.54) is 18.9 Å². The van der Waals surface area contributed by atoms with Crippen molar-refractivity contribution in [1.29, 1.82) is 0 Å². The molecule has 12 heteroatoms. The van der Waals surface area contributed by atoms with Crippen LogP contribution < -0.4 is 5.73 Å². The van der Waals surface area contributed by atoms with E-state index in [1.54, 1.807) is 46.9 Å². The van der Waals surface area contributed by atoms with Crippen molar-refractivity contribution in [2.75, 3.05) is 58.1 Å². The van der Waals surface area contributed by atoms with Gasteiger partial charge in [0.15, 0.2) is 0 Å². The molecule has 2 atom stereocenters. The molecule has 0 spiro atoms. The van der Waals surface area contributed by atoms with E-state index in [0.29, 0.717) is 23.3 Å². The fourth-order valence-electron chi connectivity index (χ4n) is 2.46. The van der Waals surface area contributed by atoms with Crippen LogP contribution in [0, 0.1) is 11.3 Å². The molecule has 1 amide bonds. The van der Waals surface area contributed by atoms with Gasteiger partial charge in [0, 0.05) is 50.5 Å². The Balaban J connectivity index is 4.43. The van der Waals surface area contributed by atoms with Gasteiger partial charge < -0.3 is 28.5 Å². The van der Waals surface area contributed by atoms with E-state index >= 15 is 0 Å². The fourth-order valence-corrected chi connectivity index (χ4v) is 6.58. The number of esters is 2. The molecule has 0 aliphatic carbocycles. The number of rotatable bonds is 18. The lowest BCUT2D eigenvalue weighted by Crippen LogP contribution is -2.42. The van der Waals surface area contributed by atoms with Crippen LogP contribution >= 0.6 is 23.5 Å². The molecule has 182 valence electrons. The second-order valence-corrected chi connectivity index (χ2v) is 12.6. The normalized spacial score (nSPS) is 14.5. The van der Waals surface area contributed by atoms with Crippen molar-refractivity contribution >= 4 is 50.2 Å². The molecule has 0 aliphatic rings. The fraction of sp³-hybridized carbons (Fsp3) is 0.842. The monoisotopic (exact) mass is 499 g/mol. The van der Waals surface area contributed by atoms with Gasteiger partial charge in [0.1, 0.15) is 12.0 Å². The Morgan fingerprint density at radius 2 is 1.65 bits per heavy atom. The first kappa shape index (κ1) is 30.2. The smallest absolute Gasteiger partial charge is 0.468 e. The number of amides is 1. The van der Waals surface area contributed by atoms with Gasteiger partial charge >= 0.3 is 20.7 Å². The molecule has 0 radical (unpaired) electrons. The van der Waals surface area contributed by atoms with E-state index in [0.717, 1.165) is 12.2 Å². The SMILES string of the molecule is COC(=O)C(C)(COC(=O)CCSCC(C)C(N)=O)CSCCC[Si](OC)(OC)OC. The number of nitrogens with two attached hydrogens (primary N) is 1. The summed E-state index contributed by atoms with van der Waals surface area (Å²) < 4.78 is 26.4. The molecule has 0 bridgehead atoms. The van der Waals surface area contributed by atoms with Crippen LogP contribution in [0.2, 0.25) is 6.04 Å². The summed E-state index contributed by atoms with van der Waals surface area (Å²) in [4.78, 5) is 35.3. The van der Waals surface area contributed by atoms with Gasteiger partial charge in [-0.25, -0.2) is 0 Å². The Morgan fingerprint density at radius 1 is 1.03 bits per heavy atom. The average molecular weight is 500 g/mol. The lowest BCUT2D eigenvalue weighted by atomic mass is 9.95. The standard InChI is InChI=1S/C19H37NO8S2Si/c1-15(17(20)22)12-29-10-8-16(21)28-13-19(2,18(23)24-3)14-30-9-7-11-31(25-4,26-5)27-6/h15H,7-14H2,1-6H3,(H2,20,22). The summed E-state index contributed by atoms with van der Waals surface area (Å²) in [5.41, 5.74) is 4.27. The van der Waals surface area contributed by atoms with Gasteiger partial charge in [0.05, 0.1) is 13.5 Å². The van der Waals surface area contributed by atoms with Crippen molar-refractivity contribution in [2.45, 2.75) is 32.7 Å². The molecular weight excluding hydrogens is 462 g/mol. The van der Waals surface area contributed by atoms with Gasteiger partial charge in [-0.3, -0.25) is 14.4 Å². The summed E-state index contributed by atoms with van der Waals surface area (Å²) in [6, 6.07) is 0.666. The van der Waals surface area contributed by atoms with Crippen LogP contribution in [0.4, 0.5) is 0 Å². The van der Waals surface area contributed by atoms with E-state index in [2.05, 4.69) is 0 Å². The molecule has 2 N–H and O–H groups in total. The van der Waals surface area contributed by atoms with Gasteiger partial charge in [0.25, 0.3) is 0 Å². The number of carbonyl (C=O) groups excluding carboxylic acids is 3. The third kappa shape index (κ3) is 11.6. The van der Waals surface area contributed by atoms with Crippen molar-refractivity contribution in [1.82, 2.24) is 0 Å². The van der Waals surface area contributed by atoms with E-state index in [-0.39, 0.29) is 24.9 Å². The minimum atomic E-state index is -2.60. The number of methoxy groups -OCH3 is 1. The molecule has 2 unspecified atom stereocenters. The lowest BCUT2D eigenvalue weighted by Gasteiger charge is -2.26. The van der Waals surface area contributed by atoms with Crippen molar-refractivity contribution < 1.29 is 37.1 Å². The number of hydrogen-bond acceptors (Lipinski definition) is 10. The molecule has 9 nitrogen and oxygen atoms in total. The lowest BCUT2D eigenvalue weighted by molar-refractivity contribution is -0.158. The number of carbonyl (C=O) groups is 3. The first-order chi connectivity index (χ1) is 14.6. The highest BCUT2D eigenvalue weighted by molar-refractivity contribution is 7.99. The second-order valence-electron chi connectivity index (χ2n) is 7.29. The van der Waals surface area contributed by atoms with Crippen LogP contribution in [0.5, 0.6) is 0 Å². The van der Waals surface area contributed by atoms with Crippen LogP contribution in [-0.2, 0) is 37.1 Å². The maximum Gasteiger partial charge on any atom is 0.500 e. The summed E-state index contributed by atoms with van der Waals surface area (Å²) >= 11 is 3.03. The molecule has 0 rings (SSSR count). The van der Waals surface area contributed by atoms with E-state index in [1.807, 2.05) is 0 Å². The number of primary amides is 1. The van der Waals surface area contributed by atoms with Crippen LogP contribution in [-0.4, -0.2) is 84.7 Å². The highest BCUT2D eigenvalue weighted by atomic mass is 32.2. The molecule has 0 aromatic heterocycles. The maximum atomic E-state index is 12.3. The largest absolute Gasteiger partial charge is 0.500 e. The van der Waals surface area contributed by atoms with Gasteiger partial charge in [-0.15, -0.1) is 0 Å². The molecule has 0 saturated carbocycles. The van der Waals surface area contributed by atoms with Gasteiger partial charge in [-0.05, 0) is 19.1 Å². The Morgan fingerprint density at radius 3 is 2.16 bits per heavy atom. The summed E-state index contributed by atoms with van der Waals surface area (Å²) in [7, 11) is 3.44. The zero-order valence-electron chi connectivity index (χ0n) is 19.4. The third-order valence-corrected chi connectivity index (χ3v) is 10.1. The predicted octanol–water partition coefficient (Wildman–Crippen LogP) is 1.96. The second kappa shape index (κ2) is 15.9. The Bertz CT molecular complexity index is 557. The third-order valence-electron chi connectivity index (χ3n) is 4.66. The molecule has 0 aliphatic heterocycles. The number of ether oxygens (including phenoxy) is 2. The number of hydrogen-bond donors (Lipinski definition) is 1. The van der Waals surface area contributed by atoms with Crippen molar-refractivity contribution in [2.24, 2.45) is 17.1 Å². The van der Waals surface area contributed by atoms with E-state index in [4.69, 9.17) is 28.5 Å². The summed E-state index contributed by atoms with van der Waals surface area (Å²) in [5, 5.41) is 0. The molecule has 0 aromatic rings.